The highest BCUT2D eigenvalue weighted by Gasteiger charge is 2.12. The van der Waals surface area contributed by atoms with Gasteiger partial charge in [-0.1, -0.05) is 25.1 Å². The van der Waals surface area contributed by atoms with Crippen LogP contribution in [0.25, 0.3) is 10.9 Å². The molecular weight excluding hydrogens is 202 g/mol. The fraction of sp³-hybridized carbons (Fsp3) is 0.250. The third kappa shape index (κ3) is 1.92. The van der Waals surface area contributed by atoms with Gasteiger partial charge in [-0.2, -0.15) is 0 Å². The van der Waals surface area contributed by atoms with Gasteiger partial charge in [-0.05, 0) is 6.07 Å². The summed E-state index contributed by atoms with van der Waals surface area (Å²) >= 11 is 0. The third-order valence-corrected chi connectivity index (χ3v) is 2.65. The van der Waals surface area contributed by atoms with Crippen molar-refractivity contribution in [1.29, 1.82) is 0 Å². The zero-order valence-corrected chi connectivity index (χ0v) is 9.16. The van der Waals surface area contributed by atoms with Crippen LogP contribution in [-0.4, -0.2) is 17.4 Å². The van der Waals surface area contributed by atoms with Crippen molar-refractivity contribution >= 4 is 22.5 Å². The third-order valence-electron chi connectivity index (χ3n) is 2.65. The summed E-state index contributed by atoms with van der Waals surface area (Å²) in [6.07, 6.45) is 1.80. The molecule has 4 heteroatoms. The van der Waals surface area contributed by atoms with Crippen LogP contribution in [0.5, 0.6) is 0 Å². The Balaban J connectivity index is 2.25. The first-order chi connectivity index (χ1) is 7.72. The van der Waals surface area contributed by atoms with Crippen molar-refractivity contribution in [2.45, 2.75) is 6.92 Å². The van der Waals surface area contributed by atoms with Crippen molar-refractivity contribution in [2.75, 3.05) is 11.9 Å². The maximum atomic E-state index is 11.7. The molecule has 0 saturated heterocycles. The number of H-pyrrole nitrogens is 1. The van der Waals surface area contributed by atoms with Gasteiger partial charge in [0.1, 0.15) is 0 Å². The molecule has 1 aromatic heterocycles. The summed E-state index contributed by atoms with van der Waals surface area (Å²) in [5.74, 6) is -0.221. The average molecular weight is 217 g/mol. The van der Waals surface area contributed by atoms with E-state index in [2.05, 4.69) is 10.3 Å². The van der Waals surface area contributed by atoms with Gasteiger partial charge in [0.15, 0.2) is 0 Å². The highest BCUT2D eigenvalue weighted by Crippen LogP contribution is 2.22. The Bertz CT molecular complexity index is 504. The van der Waals surface area contributed by atoms with E-state index in [0.717, 1.165) is 16.6 Å². The molecular formula is C12H15N3O. The van der Waals surface area contributed by atoms with Crippen LogP contribution in [0.4, 0.5) is 5.69 Å². The van der Waals surface area contributed by atoms with Crippen LogP contribution >= 0.6 is 0 Å². The van der Waals surface area contributed by atoms with E-state index in [1.807, 2.05) is 31.2 Å². The van der Waals surface area contributed by atoms with Crippen LogP contribution in [-0.2, 0) is 4.79 Å². The molecule has 1 aromatic carbocycles. The molecule has 4 nitrogen and oxygen atoms in total. The molecule has 4 N–H and O–H groups in total. The van der Waals surface area contributed by atoms with Gasteiger partial charge in [0.05, 0.1) is 5.69 Å². The number of benzene rings is 1. The number of rotatable bonds is 3. The molecule has 16 heavy (non-hydrogen) atoms. The topological polar surface area (TPSA) is 70.9 Å². The molecule has 0 aliphatic carbocycles. The van der Waals surface area contributed by atoms with Gasteiger partial charge in [0.25, 0.3) is 0 Å². The van der Waals surface area contributed by atoms with E-state index < -0.39 is 0 Å². The zero-order chi connectivity index (χ0) is 11.5. The first-order valence-electron chi connectivity index (χ1n) is 5.29. The van der Waals surface area contributed by atoms with Crippen LogP contribution in [0.3, 0.4) is 0 Å². The first kappa shape index (κ1) is 10.7. The Labute approximate surface area is 93.8 Å². The molecule has 0 spiro atoms. The summed E-state index contributed by atoms with van der Waals surface area (Å²) < 4.78 is 0. The molecule has 0 fully saturated rings. The Morgan fingerprint density at radius 3 is 3.00 bits per heavy atom. The Kier molecular flexibility index (Phi) is 2.92. The number of hydrogen-bond donors (Lipinski definition) is 3. The molecule has 2 aromatic rings. The Morgan fingerprint density at radius 2 is 2.25 bits per heavy atom. The van der Waals surface area contributed by atoms with E-state index in [1.54, 1.807) is 6.20 Å². The fourth-order valence-electron chi connectivity index (χ4n) is 1.54. The second-order valence-electron chi connectivity index (χ2n) is 3.87. The van der Waals surface area contributed by atoms with E-state index in [-0.39, 0.29) is 11.8 Å². The van der Waals surface area contributed by atoms with Gasteiger partial charge in [0, 0.05) is 29.6 Å². The predicted octanol–water partition coefficient (Wildman–Crippen LogP) is 1.70. The van der Waals surface area contributed by atoms with Crippen LogP contribution in [0, 0.1) is 5.92 Å². The maximum absolute atomic E-state index is 11.7. The number of carbonyl (C=O) groups excluding carboxylic acids is 1. The van der Waals surface area contributed by atoms with Crippen molar-refractivity contribution in [1.82, 2.24) is 4.98 Å². The summed E-state index contributed by atoms with van der Waals surface area (Å²) in [4.78, 5) is 14.8. The van der Waals surface area contributed by atoms with Gasteiger partial charge in [-0.3, -0.25) is 4.79 Å². The SMILES string of the molecule is CC(CN)C(=O)Nc1c[nH]c2ccccc12. The van der Waals surface area contributed by atoms with E-state index in [1.165, 1.54) is 0 Å². The number of amides is 1. The van der Waals surface area contributed by atoms with Gasteiger partial charge < -0.3 is 16.0 Å². The van der Waals surface area contributed by atoms with Crippen LogP contribution < -0.4 is 11.1 Å². The fourth-order valence-corrected chi connectivity index (χ4v) is 1.54. The number of carbonyl (C=O) groups is 1. The van der Waals surface area contributed by atoms with E-state index >= 15 is 0 Å². The maximum Gasteiger partial charge on any atom is 0.228 e. The summed E-state index contributed by atoms with van der Waals surface area (Å²) in [7, 11) is 0. The number of aromatic nitrogens is 1. The summed E-state index contributed by atoms with van der Waals surface area (Å²) in [6.45, 7) is 2.17. The largest absolute Gasteiger partial charge is 0.359 e. The smallest absolute Gasteiger partial charge is 0.228 e. The van der Waals surface area contributed by atoms with Gasteiger partial charge in [-0.15, -0.1) is 0 Å². The van der Waals surface area contributed by atoms with Crippen molar-refractivity contribution in [3.8, 4) is 0 Å². The zero-order valence-electron chi connectivity index (χ0n) is 9.16. The number of aromatic amines is 1. The number of para-hydroxylation sites is 1. The minimum atomic E-state index is -0.173. The van der Waals surface area contributed by atoms with E-state index in [0.29, 0.717) is 6.54 Å². The lowest BCUT2D eigenvalue weighted by Gasteiger charge is -2.08. The normalized spacial score (nSPS) is 12.6. The van der Waals surface area contributed by atoms with Crippen LogP contribution in [0.15, 0.2) is 30.5 Å². The molecule has 2 rings (SSSR count). The lowest BCUT2D eigenvalue weighted by molar-refractivity contribution is -0.119. The molecule has 0 saturated carbocycles. The second kappa shape index (κ2) is 4.37. The minimum absolute atomic E-state index is 0.0488. The van der Waals surface area contributed by atoms with Crippen LogP contribution in [0.2, 0.25) is 0 Å². The quantitative estimate of drug-likeness (QED) is 0.732. The molecule has 1 amide bonds. The lowest BCUT2D eigenvalue weighted by Crippen LogP contribution is -2.26. The second-order valence-corrected chi connectivity index (χ2v) is 3.87. The van der Waals surface area contributed by atoms with Crippen molar-refractivity contribution in [3.63, 3.8) is 0 Å². The van der Waals surface area contributed by atoms with Crippen molar-refractivity contribution in [3.05, 3.63) is 30.5 Å². The summed E-state index contributed by atoms with van der Waals surface area (Å²) in [6, 6.07) is 7.83. The number of hydrogen-bond acceptors (Lipinski definition) is 2. The molecule has 0 radical (unpaired) electrons. The highest BCUT2D eigenvalue weighted by molar-refractivity contribution is 6.02. The average Bonchev–Trinajstić information content (AvgIpc) is 2.72. The highest BCUT2D eigenvalue weighted by atomic mass is 16.1. The number of fused-ring (bicyclic) bond motifs is 1. The predicted molar refractivity (Wildman–Crippen MR) is 65.1 cm³/mol. The summed E-state index contributed by atoms with van der Waals surface area (Å²) in [5.41, 5.74) is 7.26. The molecule has 1 unspecified atom stereocenters. The number of nitrogens with two attached hydrogens (primary N) is 1. The molecule has 1 heterocycles. The molecule has 1 atom stereocenters. The van der Waals surface area contributed by atoms with Gasteiger partial charge in [-0.25, -0.2) is 0 Å². The molecule has 0 bridgehead atoms. The monoisotopic (exact) mass is 217 g/mol. The molecule has 84 valence electrons. The van der Waals surface area contributed by atoms with Gasteiger partial charge >= 0.3 is 0 Å². The number of nitrogens with one attached hydrogen (secondary N) is 2. The minimum Gasteiger partial charge on any atom is -0.359 e. The first-order valence-corrected chi connectivity index (χ1v) is 5.29. The molecule has 0 aliphatic heterocycles. The van der Waals surface area contributed by atoms with E-state index in [4.69, 9.17) is 5.73 Å². The Hall–Kier alpha value is -1.81. The van der Waals surface area contributed by atoms with Crippen molar-refractivity contribution in [2.24, 2.45) is 11.7 Å². The Morgan fingerprint density at radius 1 is 1.50 bits per heavy atom. The van der Waals surface area contributed by atoms with E-state index in [9.17, 15) is 4.79 Å². The van der Waals surface area contributed by atoms with Crippen LogP contribution in [0.1, 0.15) is 6.92 Å². The standard InChI is InChI=1S/C12H15N3O/c1-8(6-13)12(16)15-11-7-14-10-5-3-2-4-9(10)11/h2-5,7-8,14H,6,13H2,1H3,(H,15,16). The lowest BCUT2D eigenvalue weighted by atomic mass is 10.1. The van der Waals surface area contributed by atoms with Gasteiger partial charge in [0.2, 0.25) is 5.91 Å². The summed E-state index contributed by atoms with van der Waals surface area (Å²) in [5, 5.41) is 3.88. The van der Waals surface area contributed by atoms with Crippen molar-refractivity contribution < 1.29 is 4.79 Å². The molecule has 0 aliphatic rings. The number of anilines is 1.